The summed E-state index contributed by atoms with van der Waals surface area (Å²) in [5, 5.41) is 24.6. The average molecular weight is 508 g/mol. The standard InChI is InChI=1S/C23H18ClN7O3S/c1-15(16-2-6-20(7-3-16)31(33)34)26-27-21(32)14-35-23-29-28-22(17-10-12-25-13-11-17)30(23)19-8-4-18(24)5-9-19/h2-13H,14H2,1H3,(H,27,32). The van der Waals surface area contributed by atoms with Crippen LogP contribution in [0.5, 0.6) is 0 Å². The fourth-order valence-corrected chi connectivity index (χ4v) is 3.94. The van der Waals surface area contributed by atoms with E-state index in [1.165, 1.54) is 23.9 Å². The molecule has 0 spiro atoms. The second kappa shape index (κ2) is 10.9. The van der Waals surface area contributed by atoms with Gasteiger partial charge in [-0.2, -0.15) is 5.10 Å². The molecule has 2 heterocycles. The van der Waals surface area contributed by atoms with Crippen LogP contribution in [0.25, 0.3) is 17.1 Å². The van der Waals surface area contributed by atoms with Crippen LogP contribution in [0.4, 0.5) is 5.69 Å². The number of nitrogens with zero attached hydrogens (tertiary/aromatic N) is 6. The van der Waals surface area contributed by atoms with Crippen LogP contribution in [0.3, 0.4) is 0 Å². The first-order valence-corrected chi connectivity index (χ1v) is 11.6. The summed E-state index contributed by atoms with van der Waals surface area (Å²) in [5.41, 5.74) is 5.28. The topological polar surface area (TPSA) is 128 Å². The second-order valence-corrected chi connectivity index (χ2v) is 8.56. The molecule has 0 fully saturated rings. The molecular formula is C23H18ClN7O3S. The third-order valence-electron chi connectivity index (χ3n) is 4.83. The minimum Gasteiger partial charge on any atom is -0.272 e. The van der Waals surface area contributed by atoms with E-state index in [9.17, 15) is 14.9 Å². The van der Waals surface area contributed by atoms with Crippen LogP contribution in [-0.4, -0.2) is 42.0 Å². The molecule has 0 aliphatic carbocycles. The molecule has 0 atom stereocenters. The fraction of sp³-hybridized carbons (Fsp3) is 0.0870. The van der Waals surface area contributed by atoms with Gasteiger partial charge in [-0.25, -0.2) is 5.43 Å². The number of nitro benzene ring substituents is 1. The summed E-state index contributed by atoms with van der Waals surface area (Å²) in [6.07, 6.45) is 3.34. The number of hydrogen-bond acceptors (Lipinski definition) is 8. The van der Waals surface area contributed by atoms with Gasteiger partial charge in [0.25, 0.3) is 11.6 Å². The number of hydrazone groups is 1. The van der Waals surface area contributed by atoms with Gasteiger partial charge in [0.2, 0.25) is 0 Å². The monoisotopic (exact) mass is 507 g/mol. The minimum atomic E-state index is -0.474. The molecule has 4 rings (SSSR count). The van der Waals surface area contributed by atoms with Crippen molar-refractivity contribution in [2.75, 3.05) is 5.75 Å². The molecule has 35 heavy (non-hydrogen) atoms. The molecule has 1 amide bonds. The lowest BCUT2D eigenvalue weighted by molar-refractivity contribution is -0.384. The van der Waals surface area contributed by atoms with Gasteiger partial charge in [-0.05, 0) is 61.0 Å². The summed E-state index contributed by atoms with van der Waals surface area (Å²) in [5.74, 6) is 0.302. The second-order valence-electron chi connectivity index (χ2n) is 7.18. The zero-order chi connectivity index (χ0) is 24.8. The van der Waals surface area contributed by atoms with Crippen LogP contribution in [0.15, 0.2) is 83.3 Å². The Morgan fingerprint density at radius 2 is 1.77 bits per heavy atom. The van der Waals surface area contributed by atoms with E-state index in [4.69, 9.17) is 11.6 Å². The fourth-order valence-electron chi connectivity index (χ4n) is 3.07. The van der Waals surface area contributed by atoms with Crippen LogP contribution >= 0.6 is 23.4 Å². The molecule has 12 heteroatoms. The number of aromatic nitrogens is 4. The first-order valence-electron chi connectivity index (χ1n) is 10.2. The van der Waals surface area contributed by atoms with E-state index in [1.54, 1.807) is 43.6 Å². The van der Waals surface area contributed by atoms with Gasteiger partial charge in [0.15, 0.2) is 11.0 Å². The number of halogens is 1. The number of pyridine rings is 1. The molecule has 0 aliphatic heterocycles. The van der Waals surface area contributed by atoms with Gasteiger partial charge in [-0.1, -0.05) is 23.4 Å². The number of benzene rings is 2. The van der Waals surface area contributed by atoms with Crippen LogP contribution in [-0.2, 0) is 4.79 Å². The Balaban J connectivity index is 1.48. The Bertz CT molecular complexity index is 1370. The highest BCUT2D eigenvalue weighted by molar-refractivity contribution is 7.99. The number of thioether (sulfide) groups is 1. The summed E-state index contributed by atoms with van der Waals surface area (Å²) in [6.45, 7) is 1.70. The molecule has 0 radical (unpaired) electrons. The van der Waals surface area contributed by atoms with Gasteiger partial charge in [-0.3, -0.25) is 24.5 Å². The molecule has 0 unspecified atom stereocenters. The molecule has 2 aromatic carbocycles. The number of nitrogens with one attached hydrogen (secondary N) is 1. The molecule has 176 valence electrons. The molecule has 4 aromatic rings. The van der Waals surface area contributed by atoms with Gasteiger partial charge in [0, 0.05) is 40.8 Å². The minimum absolute atomic E-state index is 0.0158. The number of amides is 1. The van der Waals surface area contributed by atoms with E-state index in [0.29, 0.717) is 27.3 Å². The Hall–Kier alpha value is -4.09. The maximum absolute atomic E-state index is 12.5. The quantitative estimate of drug-likeness (QED) is 0.160. The van der Waals surface area contributed by atoms with Gasteiger partial charge < -0.3 is 0 Å². The predicted molar refractivity (Wildman–Crippen MR) is 134 cm³/mol. The Morgan fingerprint density at radius 3 is 2.43 bits per heavy atom. The van der Waals surface area contributed by atoms with Crippen molar-refractivity contribution in [1.29, 1.82) is 0 Å². The van der Waals surface area contributed by atoms with Crippen LogP contribution in [0, 0.1) is 10.1 Å². The lowest BCUT2D eigenvalue weighted by Crippen LogP contribution is -2.21. The highest BCUT2D eigenvalue weighted by Crippen LogP contribution is 2.28. The summed E-state index contributed by atoms with van der Waals surface area (Å²) in [4.78, 5) is 26.8. The maximum atomic E-state index is 12.5. The van der Waals surface area contributed by atoms with E-state index in [2.05, 4.69) is 25.7 Å². The number of rotatable bonds is 8. The summed E-state index contributed by atoms with van der Waals surface area (Å²) >= 11 is 7.26. The van der Waals surface area contributed by atoms with Crippen LogP contribution < -0.4 is 5.43 Å². The summed E-state index contributed by atoms with van der Waals surface area (Å²) in [6, 6.07) is 16.8. The highest BCUT2D eigenvalue weighted by Gasteiger charge is 2.17. The molecule has 0 aliphatic rings. The van der Waals surface area contributed by atoms with E-state index < -0.39 is 4.92 Å². The zero-order valence-electron chi connectivity index (χ0n) is 18.3. The SMILES string of the molecule is CC(=NNC(=O)CSc1nnc(-c2ccncc2)n1-c1ccc(Cl)cc1)c1ccc([N+](=O)[O-])cc1. The van der Waals surface area contributed by atoms with Gasteiger partial charge >= 0.3 is 0 Å². The van der Waals surface area contributed by atoms with Crippen molar-refractivity contribution >= 4 is 40.7 Å². The third-order valence-corrected chi connectivity index (χ3v) is 6.01. The molecular weight excluding hydrogens is 490 g/mol. The Morgan fingerprint density at radius 1 is 1.09 bits per heavy atom. The number of hydrogen-bond donors (Lipinski definition) is 1. The van der Waals surface area contributed by atoms with Gasteiger partial charge in [0.05, 0.1) is 16.4 Å². The van der Waals surface area contributed by atoms with Gasteiger partial charge in [-0.15, -0.1) is 10.2 Å². The molecule has 0 bridgehead atoms. The van der Waals surface area contributed by atoms with Crippen molar-refractivity contribution in [3.05, 3.63) is 93.8 Å². The molecule has 10 nitrogen and oxygen atoms in total. The first-order chi connectivity index (χ1) is 16.9. The average Bonchev–Trinajstić information content (AvgIpc) is 3.31. The number of non-ortho nitro benzene ring substituents is 1. The highest BCUT2D eigenvalue weighted by atomic mass is 35.5. The molecule has 0 saturated heterocycles. The normalized spacial score (nSPS) is 11.3. The summed E-state index contributed by atoms with van der Waals surface area (Å²) in [7, 11) is 0. The predicted octanol–water partition coefficient (Wildman–Crippen LogP) is 4.52. The van der Waals surface area contributed by atoms with E-state index in [-0.39, 0.29) is 17.3 Å². The Kier molecular flexibility index (Phi) is 7.48. The van der Waals surface area contributed by atoms with E-state index in [1.807, 2.05) is 28.8 Å². The molecule has 2 aromatic heterocycles. The van der Waals surface area contributed by atoms with Crippen molar-refractivity contribution < 1.29 is 9.72 Å². The first kappa shape index (κ1) is 24.0. The van der Waals surface area contributed by atoms with Crippen molar-refractivity contribution in [2.45, 2.75) is 12.1 Å². The summed E-state index contributed by atoms with van der Waals surface area (Å²) < 4.78 is 1.84. The van der Waals surface area contributed by atoms with Crippen molar-refractivity contribution in [3.8, 4) is 17.1 Å². The number of carbonyl (C=O) groups excluding carboxylic acids is 1. The lowest BCUT2D eigenvalue weighted by atomic mass is 10.1. The largest absolute Gasteiger partial charge is 0.272 e. The molecule has 0 saturated carbocycles. The van der Waals surface area contributed by atoms with Crippen LogP contribution in [0.2, 0.25) is 5.02 Å². The van der Waals surface area contributed by atoms with E-state index >= 15 is 0 Å². The van der Waals surface area contributed by atoms with E-state index in [0.717, 1.165) is 11.3 Å². The number of nitro groups is 1. The smallest absolute Gasteiger partial charge is 0.269 e. The third kappa shape index (κ3) is 5.89. The van der Waals surface area contributed by atoms with Crippen LogP contribution in [0.1, 0.15) is 12.5 Å². The van der Waals surface area contributed by atoms with Crippen molar-refractivity contribution in [1.82, 2.24) is 25.2 Å². The lowest BCUT2D eigenvalue weighted by Gasteiger charge is -2.10. The van der Waals surface area contributed by atoms with Crippen molar-refractivity contribution in [3.63, 3.8) is 0 Å². The molecule has 1 N–H and O–H groups in total. The maximum Gasteiger partial charge on any atom is 0.269 e. The van der Waals surface area contributed by atoms with Crippen molar-refractivity contribution in [2.24, 2.45) is 5.10 Å². The Labute approximate surface area is 209 Å². The number of carbonyl (C=O) groups is 1. The van der Waals surface area contributed by atoms with Gasteiger partial charge in [0.1, 0.15) is 0 Å². The zero-order valence-corrected chi connectivity index (χ0v) is 19.9.